The Morgan fingerprint density at radius 1 is 0.964 bits per heavy atom. The monoisotopic (exact) mass is 794 g/mol. The largest absolute Gasteiger partial charge is 0.494 e. The highest BCUT2D eigenvalue weighted by molar-refractivity contribution is 6.35. The summed E-state index contributed by atoms with van der Waals surface area (Å²) in [4.78, 5) is 32.2. The molecule has 8 rings (SSSR count). The van der Waals surface area contributed by atoms with E-state index in [0.29, 0.717) is 48.6 Å². The van der Waals surface area contributed by atoms with Crippen molar-refractivity contribution < 1.29 is 19.4 Å². The van der Waals surface area contributed by atoms with Crippen molar-refractivity contribution in [3.63, 3.8) is 0 Å². The van der Waals surface area contributed by atoms with Gasteiger partial charge in [0.15, 0.2) is 0 Å². The van der Waals surface area contributed by atoms with Crippen LogP contribution in [0.1, 0.15) is 86.7 Å². The molecule has 12 heteroatoms. The minimum absolute atomic E-state index is 0.126. The van der Waals surface area contributed by atoms with Crippen LogP contribution >= 0.6 is 23.2 Å². The van der Waals surface area contributed by atoms with Crippen molar-refractivity contribution in [3.05, 3.63) is 97.5 Å². The molecule has 1 N–H and O–H groups in total. The highest BCUT2D eigenvalue weighted by Crippen LogP contribution is 2.46. The van der Waals surface area contributed by atoms with Gasteiger partial charge in [0.1, 0.15) is 11.4 Å². The van der Waals surface area contributed by atoms with E-state index in [4.69, 9.17) is 33.0 Å². The van der Waals surface area contributed by atoms with E-state index in [0.717, 1.165) is 104 Å². The second-order valence-electron chi connectivity index (χ2n) is 15.7. The summed E-state index contributed by atoms with van der Waals surface area (Å²) in [5, 5.41) is 18.0. The first-order valence-corrected chi connectivity index (χ1v) is 20.2. The average Bonchev–Trinajstić information content (AvgIpc) is 3.92. The third kappa shape index (κ3) is 6.36. The van der Waals surface area contributed by atoms with Gasteiger partial charge in [0.05, 0.1) is 39.6 Å². The second-order valence-corrected chi connectivity index (χ2v) is 16.5. The Bertz CT molecular complexity index is 2550. The lowest BCUT2D eigenvalue weighted by molar-refractivity contribution is 0.0698. The molecule has 1 fully saturated rings. The van der Waals surface area contributed by atoms with Gasteiger partial charge in [0.25, 0.3) is 5.91 Å². The fourth-order valence-corrected chi connectivity index (χ4v) is 9.54. The van der Waals surface area contributed by atoms with E-state index in [1.807, 2.05) is 86.3 Å². The second kappa shape index (κ2) is 14.6. The Hall–Kier alpha value is -4.77. The number of carbonyl (C=O) groups excluding carboxylic acids is 1. The molecule has 292 valence electrons. The molecule has 0 radical (unpaired) electrons. The molecule has 5 heterocycles. The van der Waals surface area contributed by atoms with Crippen LogP contribution in [0.25, 0.3) is 32.9 Å². The van der Waals surface area contributed by atoms with Crippen LogP contribution in [0.4, 0.5) is 5.69 Å². The summed E-state index contributed by atoms with van der Waals surface area (Å²) in [6.45, 7) is 13.7. The first kappa shape index (κ1) is 38.1. The summed E-state index contributed by atoms with van der Waals surface area (Å²) in [5.74, 6) is -0.350. The third-order valence-corrected chi connectivity index (χ3v) is 12.7. The summed E-state index contributed by atoms with van der Waals surface area (Å²) in [6.07, 6.45) is 5.19. The van der Waals surface area contributed by atoms with Crippen molar-refractivity contribution in [2.24, 2.45) is 14.1 Å². The van der Waals surface area contributed by atoms with Gasteiger partial charge >= 0.3 is 5.97 Å². The van der Waals surface area contributed by atoms with E-state index in [1.54, 1.807) is 6.20 Å². The summed E-state index contributed by atoms with van der Waals surface area (Å²) < 4.78 is 12.2. The van der Waals surface area contributed by atoms with Gasteiger partial charge in [-0.25, -0.2) is 4.79 Å². The number of nitrogens with zero attached hydrogens (tertiary/aromatic N) is 6. The normalized spacial score (nSPS) is 16.1. The third-order valence-electron chi connectivity index (χ3n) is 11.8. The maximum absolute atomic E-state index is 15.4. The Morgan fingerprint density at radius 2 is 1.68 bits per heavy atom. The highest BCUT2D eigenvalue weighted by Gasteiger charge is 2.38. The quantitative estimate of drug-likeness (QED) is 0.139. The maximum atomic E-state index is 15.4. The fraction of sp³-hybridized carbons (Fsp3) is 0.386. The Balaban J connectivity index is 1.28. The molecule has 0 spiro atoms. The Morgan fingerprint density at radius 3 is 2.34 bits per heavy atom. The molecule has 0 saturated carbocycles. The van der Waals surface area contributed by atoms with Crippen molar-refractivity contribution in [2.45, 2.75) is 72.9 Å². The number of amides is 1. The zero-order valence-electron chi connectivity index (χ0n) is 33.1. The molecule has 1 atom stereocenters. The number of likely N-dealkylation sites (tertiary alicyclic amines) is 1. The molecule has 10 nitrogen and oxygen atoms in total. The Labute approximate surface area is 337 Å². The van der Waals surface area contributed by atoms with Crippen LogP contribution in [0.5, 0.6) is 5.75 Å². The number of benzene rings is 3. The zero-order valence-corrected chi connectivity index (χ0v) is 34.6. The average molecular weight is 796 g/mol. The van der Waals surface area contributed by atoms with E-state index < -0.39 is 5.97 Å². The van der Waals surface area contributed by atoms with Gasteiger partial charge in [0, 0.05) is 72.0 Å². The lowest BCUT2D eigenvalue weighted by atomic mass is 9.98. The number of rotatable bonds is 10. The van der Waals surface area contributed by atoms with Crippen LogP contribution in [0.2, 0.25) is 10.0 Å². The first-order valence-electron chi connectivity index (χ1n) is 19.4. The van der Waals surface area contributed by atoms with E-state index in [-0.39, 0.29) is 17.5 Å². The summed E-state index contributed by atoms with van der Waals surface area (Å²) in [6, 6.07) is 11.8. The van der Waals surface area contributed by atoms with Crippen LogP contribution in [-0.4, -0.2) is 67.0 Å². The van der Waals surface area contributed by atoms with Crippen molar-refractivity contribution in [1.29, 1.82) is 0 Å². The molecule has 0 aliphatic carbocycles. The Kier molecular flexibility index (Phi) is 9.96. The summed E-state index contributed by atoms with van der Waals surface area (Å²) in [7, 11) is 3.79. The maximum Gasteiger partial charge on any atom is 0.337 e. The molecule has 2 aliphatic heterocycles. The molecule has 56 heavy (non-hydrogen) atoms. The number of aryl methyl sites for hydroxylation is 6. The summed E-state index contributed by atoms with van der Waals surface area (Å²) >= 11 is 13.6. The van der Waals surface area contributed by atoms with Gasteiger partial charge in [0.2, 0.25) is 0 Å². The van der Waals surface area contributed by atoms with Gasteiger partial charge in [-0.2, -0.15) is 5.10 Å². The lowest BCUT2D eigenvalue weighted by Gasteiger charge is -2.35. The lowest BCUT2D eigenvalue weighted by Crippen LogP contribution is -2.43. The minimum Gasteiger partial charge on any atom is -0.494 e. The predicted octanol–water partition coefficient (Wildman–Crippen LogP) is 9.60. The van der Waals surface area contributed by atoms with Crippen molar-refractivity contribution >= 4 is 62.6 Å². The van der Waals surface area contributed by atoms with Crippen molar-refractivity contribution in [2.75, 3.05) is 31.1 Å². The number of halogens is 2. The number of fused-ring (bicyclic) bond motifs is 4. The smallest absolute Gasteiger partial charge is 0.337 e. The number of carboxylic acid groups (broad SMARTS) is 1. The molecule has 3 aromatic carbocycles. The van der Waals surface area contributed by atoms with Crippen molar-refractivity contribution in [1.82, 2.24) is 23.8 Å². The van der Waals surface area contributed by atoms with Gasteiger partial charge in [-0.15, -0.1) is 0 Å². The number of aromatic nitrogens is 4. The number of hydrogen-bond donors (Lipinski definition) is 1. The van der Waals surface area contributed by atoms with E-state index >= 15 is 4.79 Å². The van der Waals surface area contributed by atoms with E-state index in [1.165, 1.54) is 0 Å². The minimum atomic E-state index is -0.989. The topological polar surface area (TPSA) is 97.8 Å². The SMILES string of the molecule is Cc1cc(OCCCc2c3n(c4c(-c5c(C)nn(C)c5C)c(Cl)ccc24)C(C)CN(c2cc(CN4CCCC4)cc4c(C(=O)O)cn(C)c24)C3=O)cc(C)c1Cl. The molecule has 1 saturated heterocycles. The molecule has 0 bridgehead atoms. The van der Waals surface area contributed by atoms with E-state index in [9.17, 15) is 9.90 Å². The van der Waals surface area contributed by atoms with Crippen LogP contribution in [0.15, 0.2) is 42.6 Å². The number of carbonyl (C=O) groups is 2. The predicted molar refractivity (Wildman–Crippen MR) is 224 cm³/mol. The van der Waals surface area contributed by atoms with Crippen LogP contribution in [0, 0.1) is 27.7 Å². The number of aromatic carboxylic acids is 1. The van der Waals surface area contributed by atoms with Gasteiger partial charge in [-0.3, -0.25) is 14.4 Å². The molecule has 1 amide bonds. The molecule has 1 unspecified atom stereocenters. The highest BCUT2D eigenvalue weighted by atomic mass is 35.5. The molecule has 3 aromatic heterocycles. The van der Waals surface area contributed by atoms with E-state index in [2.05, 4.69) is 22.5 Å². The zero-order chi connectivity index (χ0) is 39.7. The van der Waals surface area contributed by atoms with Crippen LogP contribution < -0.4 is 9.64 Å². The van der Waals surface area contributed by atoms with Crippen molar-refractivity contribution in [3.8, 4) is 16.9 Å². The number of carboxylic acids is 1. The van der Waals surface area contributed by atoms with Gasteiger partial charge < -0.3 is 23.9 Å². The van der Waals surface area contributed by atoms with Gasteiger partial charge in [-0.05, 0) is 126 Å². The fourth-order valence-electron chi connectivity index (χ4n) is 9.18. The first-order chi connectivity index (χ1) is 26.7. The molecule has 6 aromatic rings. The number of hydrogen-bond acceptors (Lipinski definition) is 5. The molecule has 2 aliphatic rings. The summed E-state index contributed by atoms with van der Waals surface area (Å²) in [5.41, 5.74) is 10.8. The molecular weight excluding hydrogens is 747 g/mol. The standard InChI is InChI=1S/C44H48Cl2N6O4/c1-24-17-30(18-25(2)39(24)46)56-16-10-11-31-32-12-13-35(45)38(37-27(4)47-49(7)28(37)5)41(32)52-26(3)21-51(43(53)42(31)52)36-20-29(22-50-14-8-9-15-50)19-33-34(44(54)55)23-48(6)40(33)36/h12-13,17-20,23,26H,8-11,14-16,21-22H2,1-7H3,(H,54,55). The number of ether oxygens (including phenoxy) is 1. The number of anilines is 1. The molecular formula is C44H48Cl2N6O4. The van der Waals surface area contributed by atoms with Gasteiger partial charge in [-0.1, -0.05) is 29.3 Å². The van der Waals surface area contributed by atoms with Crippen LogP contribution in [-0.2, 0) is 27.1 Å². The van der Waals surface area contributed by atoms with Crippen LogP contribution in [0.3, 0.4) is 0 Å².